The van der Waals surface area contributed by atoms with Gasteiger partial charge >= 0.3 is 0 Å². The molecule has 0 radical (unpaired) electrons. The van der Waals surface area contributed by atoms with Crippen LogP contribution in [-0.4, -0.2) is 15.8 Å². The summed E-state index contributed by atoms with van der Waals surface area (Å²) in [6.45, 7) is 11.8. The summed E-state index contributed by atoms with van der Waals surface area (Å²) in [7, 11) is 0. The molecule has 114 valence electrons. The number of hydrogen-bond acceptors (Lipinski definition) is 3. The number of rotatable bonds is 3. The number of nitrogens with zero attached hydrogens (tertiary/aromatic N) is 2. The predicted molar refractivity (Wildman–Crippen MR) is 90.3 cm³/mol. The first kappa shape index (κ1) is 16.1. The molecule has 0 aliphatic heterocycles. The van der Waals surface area contributed by atoms with Gasteiger partial charge in [0.15, 0.2) is 5.78 Å². The van der Waals surface area contributed by atoms with Crippen molar-refractivity contribution in [3.8, 4) is 0 Å². The van der Waals surface area contributed by atoms with Crippen LogP contribution in [0.2, 0.25) is 0 Å². The van der Waals surface area contributed by atoms with Gasteiger partial charge in [-0.25, -0.2) is 4.98 Å². The second kappa shape index (κ2) is 6.22. The van der Waals surface area contributed by atoms with Crippen LogP contribution in [-0.2, 0) is 0 Å². The predicted octanol–water partition coefficient (Wildman–Crippen LogP) is 4.22. The van der Waals surface area contributed by atoms with Crippen molar-refractivity contribution in [2.45, 2.75) is 41.5 Å². The van der Waals surface area contributed by atoms with Gasteiger partial charge in [-0.3, -0.25) is 9.78 Å². The van der Waals surface area contributed by atoms with Crippen molar-refractivity contribution in [3.05, 3.63) is 63.2 Å². The molecule has 0 bridgehead atoms. The average molecular weight is 294 g/mol. The van der Waals surface area contributed by atoms with Crippen molar-refractivity contribution >= 4 is 11.9 Å². The number of benzene rings is 1. The third-order valence-corrected chi connectivity index (χ3v) is 4.02. The number of aryl methyl sites for hydroxylation is 6. The summed E-state index contributed by atoms with van der Waals surface area (Å²) in [5.74, 6) is 0.0000260. The molecular weight excluding hydrogens is 272 g/mol. The fraction of sp³-hybridized carbons (Fsp3) is 0.316. The fourth-order valence-corrected chi connectivity index (χ4v) is 2.36. The third kappa shape index (κ3) is 3.30. The minimum absolute atomic E-state index is 0.0000260. The molecular formula is C19H22N2O. The summed E-state index contributed by atoms with van der Waals surface area (Å²) in [6.07, 6.45) is 3.34. The van der Waals surface area contributed by atoms with Gasteiger partial charge in [0.2, 0.25) is 0 Å². The van der Waals surface area contributed by atoms with Gasteiger partial charge in [-0.1, -0.05) is 6.07 Å². The van der Waals surface area contributed by atoms with Crippen molar-refractivity contribution in [3.63, 3.8) is 0 Å². The molecule has 0 fully saturated rings. The van der Waals surface area contributed by atoms with Crippen LogP contribution in [0.4, 0.5) is 0 Å². The maximum Gasteiger partial charge on any atom is 0.186 e. The number of allylic oxidation sites excluding steroid dienone is 1. The lowest BCUT2D eigenvalue weighted by atomic mass is 9.98. The van der Waals surface area contributed by atoms with Gasteiger partial charge in [-0.05, 0) is 76.5 Å². The van der Waals surface area contributed by atoms with Gasteiger partial charge in [-0.15, -0.1) is 0 Å². The van der Waals surface area contributed by atoms with Crippen LogP contribution in [0.5, 0.6) is 0 Å². The summed E-state index contributed by atoms with van der Waals surface area (Å²) in [4.78, 5) is 21.4. The SMILES string of the molecule is Cc1cc(C)c(C(=O)/C=C/c2nc(C)c(C)nc2C)cc1C. The average Bonchev–Trinajstić information content (AvgIpc) is 2.45. The Balaban J connectivity index is 2.33. The highest BCUT2D eigenvalue weighted by atomic mass is 16.1. The zero-order valence-electron chi connectivity index (χ0n) is 14.1. The van der Waals surface area contributed by atoms with E-state index in [0.717, 1.165) is 39.5 Å². The van der Waals surface area contributed by atoms with Gasteiger partial charge < -0.3 is 0 Å². The molecule has 3 heteroatoms. The van der Waals surface area contributed by atoms with Crippen LogP contribution in [0.25, 0.3) is 6.08 Å². The van der Waals surface area contributed by atoms with Crippen molar-refractivity contribution in [1.29, 1.82) is 0 Å². The van der Waals surface area contributed by atoms with E-state index < -0.39 is 0 Å². The minimum Gasteiger partial charge on any atom is -0.289 e. The summed E-state index contributed by atoms with van der Waals surface area (Å²) in [6, 6.07) is 4.01. The lowest BCUT2D eigenvalue weighted by Gasteiger charge is -2.07. The van der Waals surface area contributed by atoms with Gasteiger partial charge in [0.1, 0.15) is 0 Å². The van der Waals surface area contributed by atoms with Crippen molar-refractivity contribution in [2.75, 3.05) is 0 Å². The van der Waals surface area contributed by atoms with E-state index in [1.165, 1.54) is 5.56 Å². The molecule has 0 N–H and O–H groups in total. The topological polar surface area (TPSA) is 42.9 Å². The molecule has 3 nitrogen and oxygen atoms in total. The molecule has 0 atom stereocenters. The van der Waals surface area contributed by atoms with Crippen molar-refractivity contribution < 1.29 is 4.79 Å². The molecule has 0 spiro atoms. The molecule has 0 saturated heterocycles. The number of carbonyl (C=O) groups excluding carboxylic acids is 1. The van der Waals surface area contributed by atoms with E-state index >= 15 is 0 Å². The van der Waals surface area contributed by atoms with E-state index in [1.54, 1.807) is 12.2 Å². The Kier molecular flexibility index (Phi) is 4.55. The number of carbonyl (C=O) groups is 1. The second-order valence-electron chi connectivity index (χ2n) is 5.81. The highest BCUT2D eigenvalue weighted by Crippen LogP contribution is 2.17. The van der Waals surface area contributed by atoms with Crippen LogP contribution in [0, 0.1) is 41.5 Å². The molecule has 0 unspecified atom stereocenters. The van der Waals surface area contributed by atoms with Gasteiger partial charge in [0.05, 0.1) is 22.8 Å². The standard InChI is InChI=1S/C19H22N2O/c1-11-9-13(3)17(10-12(11)2)19(22)8-7-18-16(6)20-14(4)15(5)21-18/h7-10H,1-6H3/b8-7+. The Hall–Kier alpha value is -2.29. The number of hydrogen-bond donors (Lipinski definition) is 0. The summed E-state index contributed by atoms with van der Waals surface area (Å²) in [5, 5.41) is 0. The minimum atomic E-state index is 0.0000260. The maximum atomic E-state index is 12.4. The van der Waals surface area contributed by atoms with Gasteiger partial charge in [0.25, 0.3) is 0 Å². The first-order valence-corrected chi connectivity index (χ1v) is 7.41. The smallest absolute Gasteiger partial charge is 0.186 e. The summed E-state index contributed by atoms with van der Waals surface area (Å²) < 4.78 is 0. The van der Waals surface area contributed by atoms with E-state index in [0.29, 0.717) is 0 Å². The van der Waals surface area contributed by atoms with E-state index in [9.17, 15) is 4.79 Å². The van der Waals surface area contributed by atoms with E-state index in [2.05, 4.69) is 23.0 Å². The molecule has 1 aromatic heterocycles. The molecule has 0 aliphatic carbocycles. The van der Waals surface area contributed by atoms with Gasteiger partial charge in [0, 0.05) is 5.56 Å². The van der Waals surface area contributed by atoms with Crippen LogP contribution < -0.4 is 0 Å². The monoisotopic (exact) mass is 294 g/mol. The van der Waals surface area contributed by atoms with Crippen LogP contribution in [0.15, 0.2) is 18.2 Å². The molecule has 1 aromatic carbocycles. The largest absolute Gasteiger partial charge is 0.289 e. The number of ketones is 1. The summed E-state index contributed by atoms with van der Waals surface area (Å²) in [5.41, 5.74) is 7.47. The fourth-order valence-electron chi connectivity index (χ4n) is 2.36. The molecule has 0 aliphatic rings. The quantitative estimate of drug-likeness (QED) is 0.628. The molecule has 22 heavy (non-hydrogen) atoms. The van der Waals surface area contributed by atoms with Crippen molar-refractivity contribution in [2.24, 2.45) is 0 Å². The number of aromatic nitrogens is 2. The first-order chi connectivity index (χ1) is 10.3. The first-order valence-electron chi connectivity index (χ1n) is 7.41. The molecule has 2 rings (SSSR count). The highest BCUT2D eigenvalue weighted by Gasteiger charge is 2.09. The van der Waals surface area contributed by atoms with E-state index in [-0.39, 0.29) is 5.78 Å². The normalized spacial score (nSPS) is 11.2. The summed E-state index contributed by atoms with van der Waals surface area (Å²) >= 11 is 0. The van der Waals surface area contributed by atoms with Crippen molar-refractivity contribution in [1.82, 2.24) is 9.97 Å². The Labute approximate surface area is 132 Å². The molecule has 2 aromatic rings. The van der Waals surface area contributed by atoms with Crippen LogP contribution >= 0.6 is 0 Å². The third-order valence-electron chi connectivity index (χ3n) is 4.02. The zero-order valence-corrected chi connectivity index (χ0v) is 14.1. The maximum absolute atomic E-state index is 12.4. The molecule has 0 saturated carbocycles. The Bertz CT molecular complexity index is 773. The second-order valence-corrected chi connectivity index (χ2v) is 5.81. The van der Waals surface area contributed by atoms with E-state index in [1.807, 2.05) is 40.7 Å². The zero-order chi connectivity index (χ0) is 16.4. The molecule has 0 amide bonds. The Morgan fingerprint density at radius 2 is 1.41 bits per heavy atom. The Morgan fingerprint density at radius 3 is 2.09 bits per heavy atom. The van der Waals surface area contributed by atoms with Gasteiger partial charge in [-0.2, -0.15) is 0 Å². The Morgan fingerprint density at radius 1 is 0.818 bits per heavy atom. The highest BCUT2D eigenvalue weighted by molar-refractivity contribution is 6.07. The lowest BCUT2D eigenvalue weighted by Crippen LogP contribution is -2.02. The lowest BCUT2D eigenvalue weighted by molar-refractivity contribution is 0.104. The van der Waals surface area contributed by atoms with Crippen LogP contribution in [0.1, 0.15) is 49.8 Å². The molecule has 1 heterocycles. The van der Waals surface area contributed by atoms with Crippen LogP contribution in [0.3, 0.4) is 0 Å². The van der Waals surface area contributed by atoms with E-state index in [4.69, 9.17) is 0 Å².